The summed E-state index contributed by atoms with van der Waals surface area (Å²) in [5.41, 5.74) is 10.2. The second kappa shape index (κ2) is 10.3. The highest BCUT2D eigenvalue weighted by Crippen LogP contribution is 2.33. The molecule has 2 aliphatic rings. The van der Waals surface area contributed by atoms with E-state index in [9.17, 15) is 22.8 Å². The number of morpholine rings is 1. The van der Waals surface area contributed by atoms with Crippen LogP contribution in [0.3, 0.4) is 0 Å². The molecule has 0 aliphatic carbocycles. The predicted molar refractivity (Wildman–Crippen MR) is 130 cm³/mol. The lowest BCUT2D eigenvalue weighted by molar-refractivity contribution is -0.137. The number of halogens is 3. The van der Waals surface area contributed by atoms with E-state index in [2.05, 4.69) is 9.97 Å². The second-order valence-corrected chi connectivity index (χ2v) is 10.2. The SMILES string of the molecule is CC1(C)COCCN1C(=O)c1cc(Cc2nc(N3CCC[C@H](N)C3)ncc2C(N)=O)cc(C(F)(F)F)c1. The zero-order valence-electron chi connectivity index (χ0n) is 20.8. The van der Waals surface area contributed by atoms with E-state index in [1.54, 1.807) is 13.8 Å². The molecule has 37 heavy (non-hydrogen) atoms. The lowest BCUT2D eigenvalue weighted by Gasteiger charge is -2.42. The molecule has 2 amide bonds. The van der Waals surface area contributed by atoms with Gasteiger partial charge in [-0.1, -0.05) is 0 Å². The molecule has 0 radical (unpaired) electrons. The Kier molecular flexibility index (Phi) is 7.43. The third-order valence-electron chi connectivity index (χ3n) is 6.69. The predicted octanol–water partition coefficient (Wildman–Crippen LogP) is 2.36. The van der Waals surface area contributed by atoms with Crippen molar-refractivity contribution in [3.8, 4) is 0 Å². The van der Waals surface area contributed by atoms with Gasteiger partial charge in [0.2, 0.25) is 5.95 Å². The van der Waals surface area contributed by atoms with Crippen molar-refractivity contribution in [1.82, 2.24) is 14.9 Å². The van der Waals surface area contributed by atoms with Crippen molar-refractivity contribution in [2.45, 2.75) is 50.9 Å². The fraction of sp³-hybridized carbons (Fsp3) is 0.520. The Hall–Kier alpha value is -3.25. The van der Waals surface area contributed by atoms with Crippen molar-refractivity contribution in [3.05, 3.63) is 52.3 Å². The van der Waals surface area contributed by atoms with Crippen LogP contribution in [0.4, 0.5) is 19.1 Å². The van der Waals surface area contributed by atoms with E-state index in [0.29, 0.717) is 25.6 Å². The number of aromatic nitrogens is 2. The first-order valence-corrected chi connectivity index (χ1v) is 12.1. The van der Waals surface area contributed by atoms with Crippen LogP contribution in [0.5, 0.6) is 0 Å². The minimum Gasteiger partial charge on any atom is -0.377 e. The average molecular weight is 521 g/mol. The molecule has 2 saturated heterocycles. The van der Waals surface area contributed by atoms with Crippen LogP contribution in [0.25, 0.3) is 0 Å². The zero-order valence-corrected chi connectivity index (χ0v) is 20.8. The molecule has 1 atom stereocenters. The van der Waals surface area contributed by atoms with Crippen LogP contribution in [-0.2, 0) is 17.3 Å². The third-order valence-corrected chi connectivity index (χ3v) is 6.69. The highest BCUT2D eigenvalue weighted by atomic mass is 19.4. The number of piperidine rings is 1. The topological polar surface area (TPSA) is 128 Å². The number of hydrogen-bond acceptors (Lipinski definition) is 7. The molecular formula is C25H31F3N6O3. The summed E-state index contributed by atoms with van der Waals surface area (Å²) < 4.78 is 46.9. The van der Waals surface area contributed by atoms with Crippen LogP contribution in [0.2, 0.25) is 0 Å². The number of benzene rings is 1. The molecule has 1 aromatic heterocycles. The zero-order chi connectivity index (χ0) is 27.0. The molecular weight excluding hydrogens is 489 g/mol. The summed E-state index contributed by atoms with van der Waals surface area (Å²) in [6.45, 7) is 5.62. The summed E-state index contributed by atoms with van der Waals surface area (Å²) in [7, 11) is 0. The number of nitrogens with zero attached hydrogens (tertiary/aromatic N) is 4. The van der Waals surface area contributed by atoms with Crippen LogP contribution >= 0.6 is 0 Å². The lowest BCUT2D eigenvalue weighted by atomic mass is 9.97. The van der Waals surface area contributed by atoms with Gasteiger partial charge in [-0.3, -0.25) is 9.59 Å². The summed E-state index contributed by atoms with van der Waals surface area (Å²) in [6, 6.07) is 3.17. The Labute approximate surface area is 213 Å². The van der Waals surface area contributed by atoms with E-state index in [0.717, 1.165) is 25.0 Å². The summed E-state index contributed by atoms with van der Waals surface area (Å²) in [6.07, 6.45) is -1.84. The molecule has 200 valence electrons. The van der Waals surface area contributed by atoms with Gasteiger partial charge in [0.25, 0.3) is 11.8 Å². The number of primary amides is 1. The Morgan fingerprint density at radius 1 is 1.22 bits per heavy atom. The van der Waals surface area contributed by atoms with E-state index in [4.69, 9.17) is 16.2 Å². The smallest absolute Gasteiger partial charge is 0.377 e. The fourth-order valence-electron chi connectivity index (χ4n) is 4.76. The van der Waals surface area contributed by atoms with Gasteiger partial charge in [-0.25, -0.2) is 9.97 Å². The van der Waals surface area contributed by atoms with Gasteiger partial charge in [0.05, 0.1) is 35.6 Å². The lowest BCUT2D eigenvalue weighted by Crippen LogP contribution is -2.55. The number of amides is 2. The first-order valence-electron chi connectivity index (χ1n) is 12.1. The number of carbonyl (C=O) groups is 2. The largest absolute Gasteiger partial charge is 0.416 e. The quantitative estimate of drug-likeness (QED) is 0.620. The maximum atomic E-state index is 13.8. The van der Waals surface area contributed by atoms with Gasteiger partial charge < -0.3 is 26.0 Å². The van der Waals surface area contributed by atoms with Crippen LogP contribution < -0.4 is 16.4 Å². The highest BCUT2D eigenvalue weighted by Gasteiger charge is 2.37. The van der Waals surface area contributed by atoms with Crippen molar-refractivity contribution in [2.75, 3.05) is 37.7 Å². The van der Waals surface area contributed by atoms with Gasteiger partial charge in [0.15, 0.2) is 0 Å². The molecule has 12 heteroatoms. The summed E-state index contributed by atoms with van der Waals surface area (Å²) in [4.78, 5) is 37.6. The number of nitrogens with two attached hydrogens (primary N) is 2. The second-order valence-electron chi connectivity index (χ2n) is 10.2. The summed E-state index contributed by atoms with van der Waals surface area (Å²) in [5, 5.41) is 0. The van der Waals surface area contributed by atoms with Crippen LogP contribution in [0.15, 0.2) is 24.4 Å². The Balaban J connectivity index is 1.73. The standard InChI is InChI=1S/C25H31F3N6O3/c1-24(2)14-37-7-6-34(24)22(36)16-8-15(9-17(11-16)25(26,27)28)10-20-19(21(30)35)12-31-23(32-20)33-5-3-4-18(29)13-33/h8-9,11-12,18H,3-7,10,13-14,29H2,1-2H3,(H2,30,35)/t18-/m0/s1. The van der Waals surface area contributed by atoms with E-state index in [1.807, 2.05) is 4.90 Å². The first kappa shape index (κ1) is 26.8. The number of ether oxygens (including phenoxy) is 1. The molecule has 2 aromatic rings. The Bertz CT molecular complexity index is 1190. The number of hydrogen-bond donors (Lipinski definition) is 2. The maximum Gasteiger partial charge on any atom is 0.416 e. The molecule has 4 N–H and O–H groups in total. The first-order chi connectivity index (χ1) is 17.3. The normalized spacial score (nSPS) is 20.1. The van der Waals surface area contributed by atoms with Gasteiger partial charge in [-0.15, -0.1) is 0 Å². The molecule has 3 heterocycles. The van der Waals surface area contributed by atoms with Crippen molar-refractivity contribution in [3.63, 3.8) is 0 Å². The number of carbonyl (C=O) groups excluding carboxylic acids is 2. The van der Waals surface area contributed by atoms with Crippen LogP contribution in [-0.4, -0.2) is 71.1 Å². The number of anilines is 1. The Morgan fingerprint density at radius 2 is 1.97 bits per heavy atom. The average Bonchev–Trinajstić information content (AvgIpc) is 2.82. The van der Waals surface area contributed by atoms with Gasteiger partial charge in [-0.2, -0.15) is 13.2 Å². The van der Waals surface area contributed by atoms with E-state index >= 15 is 0 Å². The van der Waals surface area contributed by atoms with Crippen molar-refractivity contribution in [2.24, 2.45) is 11.5 Å². The van der Waals surface area contributed by atoms with E-state index in [-0.39, 0.29) is 48.0 Å². The van der Waals surface area contributed by atoms with E-state index in [1.165, 1.54) is 17.2 Å². The van der Waals surface area contributed by atoms with Crippen molar-refractivity contribution < 1.29 is 27.5 Å². The summed E-state index contributed by atoms with van der Waals surface area (Å²) in [5.74, 6) is -0.995. The Morgan fingerprint density at radius 3 is 2.62 bits per heavy atom. The van der Waals surface area contributed by atoms with E-state index < -0.39 is 29.1 Å². The van der Waals surface area contributed by atoms with Crippen LogP contribution in [0, 0.1) is 0 Å². The number of alkyl halides is 3. The third kappa shape index (κ3) is 6.02. The fourth-order valence-corrected chi connectivity index (χ4v) is 4.76. The molecule has 9 nitrogen and oxygen atoms in total. The maximum absolute atomic E-state index is 13.8. The monoisotopic (exact) mass is 520 g/mol. The molecule has 1 aromatic carbocycles. The molecule has 0 saturated carbocycles. The molecule has 0 bridgehead atoms. The summed E-state index contributed by atoms with van der Waals surface area (Å²) >= 11 is 0. The van der Waals surface area contributed by atoms with Gasteiger partial charge in [0, 0.05) is 43.9 Å². The minimum absolute atomic E-state index is 0.00431. The van der Waals surface area contributed by atoms with Gasteiger partial charge in [0.1, 0.15) is 0 Å². The highest BCUT2D eigenvalue weighted by molar-refractivity contribution is 5.95. The van der Waals surface area contributed by atoms with Crippen molar-refractivity contribution in [1.29, 1.82) is 0 Å². The van der Waals surface area contributed by atoms with Crippen molar-refractivity contribution >= 4 is 17.8 Å². The molecule has 0 unspecified atom stereocenters. The minimum atomic E-state index is -4.68. The number of rotatable bonds is 5. The molecule has 0 spiro atoms. The molecule has 2 fully saturated rings. The van der Waals surface area contributed by atoms with Gasteiger partial charge in [-0.05, 0) is 50.5 Å². The molecule has 2 aliphatic heterocycles. The van der Waals surface area contributed by atoms with Gasteiger partial charge >= 0.3 is 6.18 Å². The van der Waals surface area contributed by atoms with Crippen LogP contribution in [0.1, 0.15) is 64.2 Å². The molecule has 4 rings (SSSR count).